The Balaban J connectivity index is 3.12. The fourth-order valence-electron chi connectivity index (χ4n) is 2.73. The molecule has 0 amide bonds. The monoisotopic (exact) mass is 210 g/mol. The standard InChI is InChI=1S/C13H22O2/c1-12(2,3)10-8(14)7-9(15)11(10)13(4,5)6/h10-11H,7H2,1-6H3. The highest BCUT2D eigenvalue weighted by Crippen LogP contribution is 2.47. The van der Waals surface area contributed by atoms with E-state index >= 15 is 0 Å². The van der Waals surface area contributed by atoms with Gasteiger partial charge < -0.3 is 0 Å². The average Bonchev–Trinajstić information content (AvgIpc) is 2.22. The second-order valence-electron chi connectivity index (χ2n) is 6.80. The molecule has 2 unspecified atom stereocenters. The van der Waals surface area contributed by atoms with Crippen LogP contribution in [0, 0.1) is 22.7 Å². The zero-order chi connectivity index (χ0) is 12.0. The van der Waals surface area contributed by atoms with E-state index in [1.165, 1.54) is 0 Å². The van der Waals surface area contributed by atoms with Crippen LogP contribution in [0.5, 0.6) is 0 Å². The van der Waals surface area contributed by atoms with Gasteiger partial charge in [0.2, 0.25) is 0 Å². The van der Waals surface area contributed by atoms with Gasteiger partial charge in [0.1, 0.15) is 11.6 Å². The molecule has 0 aromatic heterocycles. The molecule has 86 valence electrons. The van der Waals surface area contributed by atoms with Crippen molar-refractivity contribution >= 4 is 11.6 Å². The molecule has 0 aliphatic heterocycles. The first-order valence-electron chi connectivity index (χ1n) is 5.60. The minimum Gasteiger partial charge on any atom is -0.299 e. The number of carbonyl (C=O) groups excluding carboxylic acids is 2. The molecule has 2 heteroatoms. The lowest BCUT2D eigenvalue weighted by Crippen LogP contribution is -2.38. The first-order chi connectivity index (χ1) is 6.55. The minimum atomic E-state index is -0.110. The van der Waals surface area contributed by atoms with Gasteiger partial charge in [0.05, 0.1) is 6.42 Å². The summed E-state index contributed by atoms with van der Waals surface area (Å²) in [4.78, 5) is 23.7. The van der Waals surface area contributed by atoms with Gasteiger partial charge in [-0.2, -0.15) is 0 Å². The highest BCUT2D eigenvalue weighted by molar-refractivity contribution is 6.09. The van der Waals surface area contributed by atoms with E-state index in [1.807, 2.05) is 41.5 Å². The van der Waals surface area contributed by atoms with E-state index in [4.69, 9.17) is 0 Å². The van der Waals surface area contributed by atoms with Crippen molar-refractivity contribution in [2.45, 2.75) is 48.0 Å². The fraction of sp³-hybridized carbons (Fsp3) is 0.846. The maximum atomic E-state index is 11.9. The largest absolute Gasteiger partial charge is 0.299 e. The summed E-state index contributed by atoms with van der Waals surface area (Å²) in [6.07, 6.45) is 0.143. The molecule has 1 fully saturated rings. The summed E-state index contributed by atoms with van der Waals surface area (Å²) in [6, 6.07) is 0. The van der Waals surface area contributed by atoms with Crippen molar-refractivity contribution < 1.29 is 9.59 Å². The Hall–Kier alpha value is -0.660. The maximum Gasteiger partial charge on any atom is 0.144 e. The molecule has 0 aromatic carbocycles. The summed E-state index contributed by atoms with van der Waals surface area (Å²) in [5.41, 5.74) is -0.220. The van der Waals surface area contributed by atoms with Crippen LogP contribution in [0.25, 0.3) is 0 Å². The van der Waals surface area contributed by atoms with Gasteiger partial charge in [0, 0.05) is 11.8 Å². The first kappa shape index (κ1) is 12.4. The summed E-state index contributed by atoms with van der Waals surface area (Å²) < 4.78 is 0. The molecule has 1 aliphatic rings. The van der Waals surface area contributed by atoms with E-state index in [9.17, 15) is 9.59 Å². The summed E-state index contributed by atoms with van der Waals surface area (Å²) in [7, 11) is 0. The molecule has 0 bridgehead atoms. The Morgan fingerprint density at radius 2 is 1.07 bits per heavy atom. The topological polar surface area (TPSA) is 34.1 Å². The Morgan fingerprint density at radius 1 is 0.800 bits per heavy atom. The quantitative estimate of drug-likeness (QED) is 0.576. The predicted octanol–water partition coefficient (Wildman–Crippen LogP) is 2.85. The number of hydrogen-bond donors (Lipinski definition) is 0. The second-order valence-corrected chi connectivity index (χ2v) is 6.80. The number of Topliss-reactive ketones (excluding diaryl/α,β-unsaturated/α-hetero) is 2. The van der Waals surface area contributed by atoms with Crippen molar-refractivity contribution in [3.05, 3.63) is 0 Å². The minimum absolute atomic E-state index is 0.106. The lowest BCUT2D eigenvalue weighted by atomic mass is 9.65. The third kappa shape index (κ3) is 2.30. The Kier molecular flexibility index (Phi) is 2.84. The molecular weight excluding hydrogens is 188 g/mol. The maximum absolute atomic E-state index is 11.9. The van der Waals surface area contributed by atoms with Crippen molar-refractivity contribution in [2.75, 3.05) is 0 Å². The highest BCUT2D eigenvalue weighted by atomic mass is 16.2. The fourth-order valence-corrected chi connectivity index (χ4v) is 2.73. The summed E-state index contributed by atoms with van der Waals surface area (Å²) in [6.45, 7) is 12.3. The zero-order valence-electron chi connectivity index (χ0n) is 10.7. The highest BCUT2D eigenvalue weighted by Gasteiger charge is 2.51. The lowest BCUT2D eigenvalue weighted by molar-refractivity contribution is -0.127. The molecule has 2 atom stereocenters. The third-order valence-corrected chi connectivity index (χ3v) is 3.24. The smallest absolute Gasteiger partial charge is 0.144 e. The Bertz CT molecular complexity index is 259. The molecule has 1 rings (SSSR count). The summed E-state index contributed by atoms with van der Waals surface area (Å²) in [5, 5.41) is 0. The molecule has 0 saturated heterocycles. The molecule has 0 spiro atoms. The van der Waals surface area contributed by atoms with Gasteiger partial charge in [0.15, 0.2) is 0 Å². The SMILES string of the molecule is CC(C)(C)C1C(=O)CC(=O)C1C(C)(C)C. The van der Waals surface area contributed by atoms with Crippen LogP contribution in [0.4, 0.5) is 0 Å². The van der Waals surface area contributed by atoms with Gasteiger partial charge in [-0.3, -0.25) is 9.59 Å². The molecule has 0 N–H and O–H groups in total. The van der Waals surface area contributed by atoms with Gasteiger partial charge in [0.25, 0.3) is 0 Å². The van der Waals surface area contributed by atoms with Gasteiger partial charge in [-0.05, 0) is 10.8 Å². The molecular formula is C13H22O2. The molecule has 15 heavy (non-hydrogen) atoms. The normalized spacial score (nSPS) is 28.7. The van der Waals surface area contributed by atoms with Crippen LogP contribution < -0.4 is 0 Å². The zero-order valence-corrected chi connectivity index (χ0v) is 10.7. The summed E-state index contributed by atoms with van der Waals surface area (Å²) >= 11 is 0. The van der Waals surface area contributed by atoms with E-state index in [1.54, 1.807) is 0 Å². The molecule has 2 nitrogen and oxygen atoms in total. The van der Waals surface area contributed by atoms with Crippen molar-refractivity contribution in [3.63, 3.8) is 0 Å². The van der Waals surface area contributed by atoms with Crippen molar-refractivity contribution in [3.8, 4) is 0 Å². The van der Waals surface area contributed by atoms with Gasteiger partial charge in [-0.15, -0.1) is 0 Å². The molecule has 1 saturated carbocycles. The lowest BCUT2D eigenvalue weighted by Gasteiger charge is -2.37. The number of hydrogen-bond acceptors (Lipinski definition) is 2. The van der Waals surface area contributed by atoms with Crippen LogP contribution in [-0.4, -0.2) is 11.6 Å². The van der Waals surface area contributed by atoms with Gasteiger partial charge in [-0.25, -0.2) is 0 Å². The van der Waals surface area contributed by atoms with Crippen LogP contribution >= 0.6 is 0 Å². The van der Waals surface area contributed by atoms with Crippen LogP contribution in [0.15, 0.2) is 0 Å². The van der Waals surface area contributed by atoms with E-state index in [-0.39, 0.29) is 40.7 Å². The third-order valence-electron chi connectivity index (χ3n) is 3.24. The number of carbonyl (C=O) groups is 2. The van der Waals surface area contributed by atoms with Gasteiger partial charge in [-0.1, -0.05) is 41.5 Å². The van der Waals surface area contributed by atoms with Crippen molar-refractivity contribution in [1.29, 1.82) is 0 Å². The average molecular weight is 210 g/mol. The van der Waals surface area contributed by atoms with E-state index in [0.29, 0.717) is 0 Å². The summed E-state index contributed by atoms with van der Waals surface area (Å²) in [5.74, 6) is 0.0508. The molecule has 0 radical (unpaired) electrons. The second kappa shape index (κ2) is 3.43. The van der Waals surface area contributed by atoms with E-state index in [0.717, 1.165) is 0 Å². The molecule has 0 heterocycles. The van der Waals surface area contributed by atoms with Crippen molar-refractivity contribution in [2.24, 2.45) is 22.7 Å². The number of ketones is 2. The van der Waals surface area contributed by atoms with E-state index in [2.05, 4.69) is 0 Å². The van der Waals surface area contributed by atoms with Crippen LogP contribution in [0.3, 0.4) is 0 Å². The van der Waals surface area contributed by atoms with Crippen LogP contribution in [-0.2, 0) is 9.59 Å². The van der Waals surface area contributed by atoms with Crippen LogP contribution in [0.1, 0.15) is 48.0 Å². The van der Waals surface area contributed by atoms with Crippen molar-refractivity contribution in [1.82, 2.24) is 0 Å². The molecule has 1 aliphatic carbocycles. The Labute approximate surface area is 92.4 Å². The van der Waals surface area contributed by atoms with Gasteiger partial charge >= 0.3 is 0 Å². The predicted molar refractivity (Wildman–Crippen MR) is 60.5 cm³/mol. The van der Waals surface area contributed by atoms with Crippen LogP contribution in [0.2, 0.25) is 0 Å². The Morgan fingerprint density at radius 3 is 1.27 bits per heavy atom. The first-order valence-corrected chi connectivity index (χ1v) is 5.60. The number of rotatable bonds is 0. The van der Waals surface area contributed by atoms with E-state index < -0.39 is 0 Å². The molecule has 0 aromatic rings.